The Morgan fingerprint density at radius 1 is 1.11 bits per heavy atom. The first-order valence-corrected chi connectivity index (χ1v) is 10.7. The highest BCUT2D eigenvalue weighted by Crippen LogP contribution is 2.67. The van der Waals surface area contributed by atoms with Crippen molar-refractivity contribution in [2.45, 2.75) is 58.5 Å². The molecule has 2 nitrogen and oxygen atoms in total. The first-order valence-electron chi connectivity index (χ1n) is 10.7. The molecular formula is C25H33NO. The van der Waals surface area contributed by atoms with Crippen LogP contribution >= 0.6 is 0 Å². The van der Waals surface area contributed by atoms with Gasteiger partial charge in [0, 0.05) is 5.92 Å². The zero-order valence-corrected chi connectivity index (χ0v) is 16.8. The molecule has 4 atom stereocenters. The summed E-state index contributed by atoms with van der Waals surface area (Å²) in [5, 5.41) is 0. The van der Waals surface area contributed by atoms with Crippen molar-refractivity contribution in [2.24, 2.45) is 23.0 Å². The normalized spacial score (nSPS) is 28.8. The van der Waals surface area contributed by atoms with Crippen LogP contribution in [0.5, 0.6) is 5.75 Å². The number of hydrogen-bond acceptors (Lipinski definition) is 2. The smallest absolute Gasteiger partial charge is 0.128 e. The molecule has 0 saturated heterocycles. The van der Waals surface area contributed by atoms with Crippen molar-refractivity contribution >= 4 is 0 Å². The zero-order valence-electron chi connectivity index (χ0n) is 16.8. The lowest BCUT2D eigenvalue weighted by Gasteiger charge is -2.30. The number of rotatable bonds is 8. The minimum absolute atomic E-state index is 0.183. The standard InChI is InChI=1S/C25H33NO/c1-3-20-17-25(20,4-2)23-16-19-11-5-6-13-22(19)24(23)27-21-12-7-9-18(15-21)10-8-14-26/h5-7,9,11-13,15,20,23-24H,3-4,8,10,14,16-17,26H2,1-2H3/t20?,23-,24-,25?/m1/s1. The van der Waals surface area contributed by atoms with Gasteiger partial charge < -0.3 is 10.5 Å². The maximum atomic E-state index is 6.72. The number of aryl methyl sites for hydroxylation is 1. The van der Waals surface area contributed by atoms with Gasteiger partial charge in [0.25, 0.3) is 0 Å². The van der Waals surface area contributed by atoms with Crippen LogP contribution in [0.15, 0.2) is 48.5 Å². The summed E-state index contributed by atoms with van der Waals surface area (Å²) in [7, 11) is 0. The van der Waals surface area contributed by atoms with Crippen molar-refractivity contribution in [2.75, 3.05) is 6.54 Å². The van der Waals surface area contributed by atoms with Gasteiger partial charge in [-0.2, -0.15) is 0 Å². The molecular weight excluding hydrogens is 330 g/mol. The minimum Gasteiger partial charge on any atom is -0.485 e. The van der Waals surface area contributed by atoms with Crippen LogP contribution in [0.25, 0.3) is 0 Å². The van der Waals surface area contributed by atoms with Crippen LogP contribution < -0.4 is 10.5 Å². The molecule has 0 aliphatic heterocycles. The molecule has 0 heterocycles. The van der Waals surface area contributed by atoms with Crippen LogP contribution in [0, 0.1) is 17.3 Å². The molecule has 2 N–H and O–H groups in total. The van der Waals surface area contributed by atoms with Crippen molar-refractivity contribution in [1.29, 1.82) is 0 Å². The van der Waals surface area contributed by atoms with E-state index in [4.69, 9.17) is 10.5 Å². The van der Waals surface area contributed by atoms with E-state index >= 15 is 0 Å². The maximum absolute atomic E-state index is 6.72. The number of ether oxygens (including phenoxy) is 1. The van der Waals surface area contributed by atoms with Gasteiger partial charge >= 0.3 is 0 Å². The predicted molar refractivity (Wildman–Crippen MR) is 112 cm³/mol. The number of hydrogen-bond donors (Lipinski definition) is 1. The summed E-state index contributed by atoms with van der Waals surface area (Å²) < 4.78 is 6.72. The van der Waals surface area contributed by atoms with Gasteiger partial charge in [-0.3, -0.25) is 0 Å². The van der Waals surface area contributed by atoms with Crippen molar-refractivity contribution in [1.82, 2.24) is 0 Å². The molecule has 1 fully saturated rings. The van der Waals surface area contributed by atoms with E-state index in [0.717, 1.165) is 37.5 Å². The largest absolute Gasteiger partial charge is 0.485 e. The number of fused-ring (bicyclic) bond motifs is 1. The Hall–Kier alpha value is -1.80. The van der Waals surface area contributed by atoms with Gasteiger partial charge in [0.2, 0.25) is 0 Å². The van der Waals surface area contributed by atoms with E-state index in [1.165, 1.54) is 36.0 Å². The third kappa shape index (κ3) is 3.40. The molecule has 2 aromatic rings. The lowest BCUT2D eigenvalue weighted by atomic mass is 9.80. The SMILES string of the molecule is CCC1CC1(CC)[C@@H]1Cc2ccccc2[C@H]1Oc1cccc(CCCN)c1. The zero-order chi connectivity index (χ0) is 18.9. The highest BCUT2D eigenvalue weighted by molar-refractivity contribution is 5.39. The molecule has 0 amide bonds. The molecule has 2 aliphatic carbocycles. The third-order valence-corrected chi connectivity index (χ3v) is 7.17. The summed E-state index contributed by atoms with van der Waals surface area (Å²) in [6.45, 7) is 5.46. The van der Waals surface area contributed by atoms with Gasteiger partial charge in [0.1, 0.15) is 11.9 Å². The summed E-state index contributed by atoms with van der Waals surface area (Å²) in [6.07, 6.45) is 7.32. The molecule has 0 aromatic heterocycles. The molecule has 27 heavy (non-hydrogen) atoms. The fourth-order valence-electron chi connectivity index (χ4n) is 5.54. The van der Waals surface area contributed by atoms with E-state index in [0.29, 0.717) is 11.3 Å². The van der Waals surface area contributed by atoms with Gasteiger partial charge in [-0.05, 0) is 78.8 Å². The topological polar surface area (TPSA) is 35.2 Å². The monoisotopic (exact) mass is 363 g/mol. The molecule has 2 unspecified atom stereocenters. The van der Waals surface area contributed by atoms with Crippen LogP contribution in [-0.4, -0.2) is 6.54 Å². The second-order valence-electron chi connectivity index (χ2n) is 8.48. The summed E-state index contributed by atoms with van der Waals surface area (Å²) in [5.41, 5.74) is 10.4. The van der Waals surface area contributed by atoms with Gasteiger partial charge in [0.05, 0.1) is 0 Å². The van der Waals surface area contributed by atoms with Crippen LogP contribution in [0.4, 0.5) is 0 Å². The van der Waals surface area contributed by atoms with Crippen LogP contribution in [0.1, 0.15) is 62.3 Å². The second-order valence-corrected chi connectivity index (χ2v) is 8.48. The molecule has 4 rings (SSSR count). The van der Waals surface area contributed by atoms with Crippen LogP contribution in [0.2, 0.25) is 0 Å². The Kier molecular flexibility index (Phi) is 5.27. The lowest BCUT2D eigenvalue weighted by Crippen LogP contribution is -2.25. The number of benzene rings is 2. The number of nitrogens with two attached hydrogens (primary N) is 1. The van der Waals surface area contributed by atoms with E-state index in [-0.39, 0.29) is 6.10 Å². The molecule has 2 aromatic carbocycles. The average molecular weight is 364 g/mol. The Morgan fingerprint density at radius 3 is 2.70 bits per heavy atom. The Labute approximate surface area is 164 Å². The molecule has 0 bridgehead atoms. The van der Waals surface area contributed by atoms with E-state index in [9.17, 15) is 0 Å². The van der Waals surface area contributed by atoms with Gasteiger partial charge in [0.15, 0.2) is 0 Å². The first-order chi connectivity index (χ1) is 13.2. The third-order valence-electron chi connectivity index (χ3n) is 7.17. The Bertz CT molecular complexity index is 785. The molecule has 1 saturated carbocycles. The highest BCUT2D eigenvalue weighted by Gasteiger charge is 2.60. The molecule has 0 spiro atoms. The fraction of sp³-hybridized carbons (Fsp3) is 0.520. The van der Waals surface area contributed by atoms with E-state index in [1.807, 2.05) is 0 Å². The van der Waals surface area contributed by atoms with Crippen LogP contribution in [0.3, 0.4) is 0 Å². The van der Waals surface area contributed by atoms with Crippen LogP contribution in [-0.2, 0) is 12.8 Å². The Morgan fingerprint density at radius 2 is 1.96 bits per heavy atom. The van der Waals surface area contributed by atoms with Gasteiger partial charge in [-0.25, -0.2) is 0 Å². The average Bonchev–Trinajstić information content (AvgIpc) is 3.34. The summed E-state index contributed by atoms with van der Waals surface area (Å²) in [4.78, 5) is 0. The van der Waals surface area contributed by atoms with Gasteiger partial charge in [-0.1, -0.05) is 56.7 Å². The molecule has 0 radical (unpaired) electrons. The quantitative estimate of drug-likeness (QED) is 0.653. The van der Waals surface area contributed by atoms with E-state index in [1.54, 1.807) is 0 Å². The molecule has 144 valence electrons. The van der Waals surface area contributed by atoms with Crippen molar-refractivity contribution in [3.63, 3.8) is 0 Å². The fourth-order valence-corrected chi connectivity index (χ4v) is 5.54. The summed E-state index contributed by atoms with van der Waals surface area (Å²) in [6, 6.07) is 17.6. The maximum Gasteiger partial charge on any atom is 0.128 e. The summed E-state index contributed by atoms with van der Waals surface area (Å²) in [5.74, 6) is 2.47. The minimum atomic E-state index is 0.183. The second kappa shape index (κ2) is 7.67. The van der Waals surface area contributed by atoms with E-state index in [2.05, 4.69) is 62.4 Å². The van der Waals surface area contributed by atoms with Crippen molar-refractivity contribution < 1.29 is 4.74 Å². The van der Waals surface area contributed by atoms with Crippen molar-refractivity contribution in [3.05, 3.63) is 65.2 Å². The van der Waals surface area contributed by atoms with Crippen molar-refractivity contribution in [3.8, 4) is 5.75 Å². The molecule has 2 heteroatoms. The summed E-state index contributed by atoms with van der Waals surface area (Å²) >= 11 is 0. The van der Waals surface area contributed by atoms with E-state index < -0.39 is 0 Å². The lowest BCUT2D eigenvalue weighted by molar-refractivity contribution is 0.0883. The molecule has 2 aliphatic rings. The predicted octanol–water partition coefficient (Wildman–Crippen LogP) is 5.70. The Balaban J connectivity index is 1.62. The highest BCUT2D eigenvalue weighted by atomic mass is 16.5. The first kappa shape index (κ1) is 18.6. The van der Waals surface area contributed by atoms with Gasteiger partial charge in [-0.15, -0.1) is 0 Å².